The molecule has 1 aliphatic rings. The number of rotatable bonds is 7. The summed E-state index contributed by atoms with van der Waals surface area (Å²) in [4.78, 5) is 25.6. The monoisotopic (exact) mass is 521 g/mol. The first kappa shape index (κ1) is 26.6. The third-order valence-electron chi connectivity index (χ3n) is 7.09. The second kappa shape index (κ2) is 11.4. The van der Waals surface area contributed by atoms with Gasteiger partial charge in [-0.15, -0.1) is 0 Å². The molecule has 0 N–H and O–H groups in total. The number of nitrogens with zero attached hydrogens (tertiary/aromatic N) is 5. The van der Waals surface area contributed by atoms with Gasteiger partial charge in [-0.25, -0.2) is 14.3 Å². The largest absolute Gasteiger partial charge is 0.443 e. The molecule has 4 aromatic rings. The molecule has 2 aromatic carbocycles. The van der Waals surface area contributed by atoms with E-state index in [1.54, 1.807) is 4.57 Å². The minimum absolute atomic E-state index is 0.0973. The summed E-state index contributed by atoms with van der Waals surface area (Å²) in [7, 11) is 0. The van der Waals surface area contributed by atoms with Crippen LogP contribution < -0.4 is 0 Å². The number of para-hydroxylation sites is 2. The number of hydrogen-bond acceptors (Lipinski definition) is 6. The molecule has 1 aliphatic carbocycles. The minimum Gasteiger partial charge on any atom is -0.443 e. The number of fused-ring (bicyclic) bond motifs is 2. The van der Waals surface area contributed by atoms with Crippen molar-refractivity contribution in [3.05, 3.63) is 95.1 Å². The summed E-state index contributed by atoms with van der Waals surface area (Å²) < 4.78 is 7.43. The first-order valence-corrected chi connectivity index (χ1v) is 13.6. The molecule has 7 nitrogen and oxygen atoms in total. The molecule has 5 rings (SSSR count). The number of benzene rings is 2. The van der Waals surface area contributed by atoms with E-state index < -0.39 is 11.7 Å². The molecule has 7 heteroatoms. The smallest absolute Gasteiger partial charge is 0.420 e. The molecule has 0 bridgehead atoms. The van der Waals surface area contributed by atoms with Crippen molar-refractivity contribution in [2.75, 3.05) is 0 Å². The molecule has 0 amide bonds. The third kappa shape index (κ3) is 6.18. The summed E-state index contributed by atoms with van der Waals surface area (Å²) in [5, 5.41) is 8.94. The van der Waals surface area contributed by atoms with Gasteiger partial charge in [0.25, 0.3) is 0 Å². The molecule has 0 spiro atoms. The Balaban J connectivity index is 1.53. The Bertz CT molecular complexity index is 1490. The number of nitriles is 1. The number of aromatic nitrogens is 3. The number of aryl methyl sites for hydroxylation is 2. The number of carbonyl (C=O) groups excluding carboxylic acids is 1. The highest BCUT2D eigenvalue weighted by Crippen LogP contribution is 2.35. The second-order valence-corrected chi connectivity index (χ2v) is 11.2. The van der Waals surface area contributed by atoms with Crippen LogP contribution in [0.15, 0.2) is 66.9 Å². The Labute approximate surface area is 230 Å². The van der Waals surface area contributed by atoms with Crippen molar-refractivity contribution >= 4 is 17.1 Å². The van der Waals surface area contributed by atoms with Gasteiger partial charge < -0.3 is 4.74 Å². The van der Waals surface area contributed by atoms with E-state index in [2.05, 4.69) is 41.3 Å². The van der Waals surface area contributed by atoms with Crippen molar-refractivity contribution in [2.24, 2.45) is 0 Å². The number of hydrogen-bond donors (Lipinski definition) is 0. The highest BCUT2D eigenvalue weighted by molar-refractivity contribution is 5.87. The molecular weight excluding hydrogens is 486 g/mol. The average Bonchev–Trinajstić information content (AvgIpc) is 3.29. The molecule has 1 unspecified atom stereocenters. The fraction of sp³-hybridized carbons (Fsp3) is 0.375. The van der Waals surface area contributed by atoms with Crippen LogP contribution in [0.2, 0.25) is 0 Å². The molecule has 2 heterocycles. The molecular formula is C32H35N5O2. The zero-order chi connectivity index (χ0) is 27.4. The van der Waals surface area contributed by atoms with Crippen molar-refractivity contribution < 1.29 is 9.53 Å². The molecule has 1 atom stereocenters. The van der Waals surface area contributed by atoms with E-state index in [0.29, 0.717) is 25.3 Å². The Kier molecular flexibility index (Phi) is 7.76. The van der Waals surface area contributed by atoms with Crippen LogP contribution in [0.25, 0.3) is 11.0 Å². The van der Waals surface area contributed by atoms with Crippen molar-refractivity contribution in [1.82, 2.24) is 19.4 Å². The normalized spacial score (nSPS) is 15.2. The Morgan fingerprint density at radius 2 is 1.85 bits per heavy atom. The van der Waals surface area contributed by atoms with Gasteiger partial charge in [0.1, 0.15) is 11.4 Å². The molecule has 0 radical (unpaired) electrons. The first-order chi connectivity index (χ1) is 18.8. The third-order valence-corrected chi connectivity index (χ3v) is 7.09. The van der Waals surface area contributed by atoms with Gasteiger partial charge >= 0.3 is 6.09 Å². The van der Waals surface area contributed by atoms with E-state index in [4.69, 9.17) is 20.0 Å². The minimum atomic E-state index is -0.626. The summed E-state index contributed by atoms with van der Waals surface area (Å²) in [5.41, 5.74) is 5.59. The molecule has 2 aromatic heterocycles. The maximum atomic E-state index is 13.4. The molecule has 0 saturated carbocycles. The van der Waals surface area contributed by atoms with Gasteiger partial charge in [0, 0.05) is 19.2 Å². The predicted molar refractivity (Wildman–Crippen MR) is 151 cm³/mol. The number of ether oxygens (including phenoxy) is 1. The van der Waals surface area contributed by atoms with Crippen LogP contribution in [0, 0.1) is 11.3 Å². The zero-order valence-corrected chi connectivity index (χ0v) is 22.9. The van der Waals surface area contributed by atoms with Gasteiger partial charge in [-0.05, 0) is 81.3 Å². The fourth-order valence-corrected chi connectivity index (χ4v) is 5.34. The van der Waals surface area contributed by atoms with E-state index >= 15 is 0 Å². The van der Waals surface area contributed by atoms with Crippen LogP contribution in [-0.4, -0.2) is 31.1 Å². The summed E-state index contributed by atoms with van der Waals surface area (Å²) in [6.45, 7) is 6.77. The molecule has 0 saturated heterocycles. The standard InChI is InChI=1S/C32H35N5O2/c1-32(2,3)39-31(38)37-27-13-5-4-12-26(27)35-29(37)22-36(21-24-17-15-23(16-18-24)9-7-19-33)28-14-6-10-25-11-8-20-34-30(25)28/h4-5,8,11-13,15-18,20,28H,6-7,9-10,14,21-22H2,1-3H3. The van der Waals surface area contributed by atoms with E-state index in [9.17, 15) is 4.79 Å². The van der Waals surface area contributed by atoms with E-state index in [1.165, 1.54) is 11.1 Å². The van der Waals surface area contributed by atoms with Crippen molar-refractivity contribution in [2.45, 2.75) is 77.6 Å². The summed E-state index contributed by atoms with van der Waals surface area (Å²) in [6.07, 6.45) is 5.80. The van der Waals surface area contributed by atoms with Crippen LogP contribution in [0.1, 0.15) is 74.3 Å². The number of imidazole rings is 1. The van der Waals surface area contributed by atoms with Gasteiger partial charge in [-0.2, -0.15) is 5.26 Å². The highest BCUT2D eigenvalue weighted by atomic mass is 16.6. The average molecular weight is 522 g/mol. The van der Waals surface area contributed by atoms with Gasteiger partial charge in [0.15, 0.2) is 0 Å². The topological polar surface area (TPSA) is 84.0 Å². The van der Waals surface area contributed by atoms with Crippen LogP contribution in [0.3, 0.4) is 0 Å². The van der Waals surface area contributed by atoms with Crippen LogP contribution in [0.5, 0.6) is 0 Å². The lowest BCUT2D eigenvalue weighted by atomic mass is 9.90. The maximum absolute atomic E-state index is 13.4. The van der Waals surface area contributed by atoms with Crippen LogP contribution in [0.4, 0.5) is 4.79 Å². The lowest BCUT2D eigenvalue weighted by molar-refractivity contribution is 0.0530. The van der Waals surface area contributed by atoms with Gasteiger partial charge in [-0.3, -0.25) is 9.88 Å². The van der Waals surface area contributed by atoms with Gasteiger partial charge in [0.2, 0.25) is 0 Å². The summed E-state index contributed by atoms with van der Waals surface area (Å²) >= 11 is 0. The molecule has 200 valence electrons. The fourth-order valence-electron chi connectivity index (χ4n) is 5.34. The Morgan fingerprint density at radius 3 is 2.62 bits per heavy atom. The van der Waals surface area contributed by atoms with Crippen molar-refractivity contribution in [3.63, 3.8) is 0 Å². The highest BCUT2D eigenvalue weighted by Gasteiger charge is 2.30. The van der Waals surface area contributed by atoms with Gasteiger partial charge in [-0.1, -0.05) is 42.5 Å². The molecule has 39 heavy (non-hydrogen) atoms. The van der Waals surface area contributed by atoms with E-state index in [-0.39, 0.29) is 6.04 Å². The van der Waals surface area contributed by atoms with Crippen LogP contribution >= 0.6 is 0 Å². The SMILES string of the molecule is CC(C)(C)OC(=O)n1c(CN(Cc2ccc(CCC#N)cc2)C2CCCc3cccnc32)nc2ccccc21. The van der Waals surface area contributed by atoms with Gasteiger partial charge in [0.05, 0.1) is 35.4 Å². The van der Waals surface area contributed by atoms with Crippen molar-refractivity contribution in [3.8, 4) is 6.07 Å². The zero-order valence-electron chi connectivity index (χ0n) is 22.9. The van der Waals surface area contributed by atoms with E-state index in [1.807, 2.05) is 57.3 Å². The number of carbonyl (C=O) groups is 1. The van der Waals surface area contributed by atoms with Crippen LogP contribution in [-0.2, 0) is 30.7 Å². The predicted octanol–water partition coefficient (Wildman–Crippen LogP) is 6.75. The second-order valence-electron chi connectivity index (χ2n) is 11.2. The lowest BCUT2D eigenvalue weighted by Crippen LogP contribution is -2.34. The lowest BCUT2D eigenvalue weighted by Gasteiger charge is -2.35. The summed E-state index contributed by atoms with van der Waals surface area (Å²) in [5.74, 6) is 0.652. The Morgan fingerprint density at radius 1 is 1.08 bits per heavy atom. The quantitative estimate of drug-likeness (QED) is 0.267. The van der Waals surface area contributed by atoms with E-state index in [0.717, 1.165) is 48.0 Å². The number of pyridine rings is 1. The first-order valence-electron chi connectivity index (χ1n) is 13.6. The maximum Gasteiger partial charge on any atom is 0.420 e. The van der Waals surface area contributed by atoms with Crippen molar-refractivity contribution in [1.29, 1.82) is 5.26 Å². The Hall–Kier alpha value is -4.02. The molecule has 0 aliphatic heterocycles. The molecule has 0 fully saturated rings. The summed E-state index contributed by atoms with van der Waals surface area (Å²) in [6, 6.07) is 22.7.